The lowest BCUT2D eigenvalue weighted by Gasteiger charge is -2.36. The fourth-order valence-electron chi connectivity index (χ4n) is 3.31. The van der Waals surface area contributed by atoms with Gasteiger partial charge in [0.05, 0.1) is 21.2 Å². The molecule has 1 atom stereocenters. The Kier molecular flexibility index (Phi) is 5.35. The molecule has 0 aliphatic carbocycles. The first-order valence-corrected chi connectivity index (χ1v) is 11.9. The minimum atomic E-state index is -3.44. The maximum Gasteiger partial charge on any atom is 0.243 e. The molecule has 3 aromatic rings. The Morgan fingerprint density at radius 3 is 2.37 bits per heavy atom. The van der Waals surface area contributed by atoms with Crippen LogP contribution >= 0.6 is 27.3 Å². The molecule has 0 spiro atoms. The highest BCUT2D eigenvalue weighted by Crippen LogP contribution is 2.30. The fraction of sp³-hybridized carbons (Fsp3) is 0.316. The first kappa shape index (κ1) is 19.0. The van der Waals surface area contributed by atoms with Gasteiger partial charge < -0.3 is 0 Å². The molecule has 1 unspecified atom stereocenters. The second-order valence-corrected chi connectivity index (χ2v) is 10.5. The van der Waals surface area contributed by atoms with Gasteiger partial charge in [-0.1, -0.05) is 28.1 Å². The van der Waals surface area contributed by atoms with Crippen molar-refractivity contribution in [3.63, 3.8) is 0 Å². The highest BCUT2D eigenvalue weighted by atomic mass is 79.9. The van der Waals surface area contributed by atoms with Crippen molar-refractivity contribution < 1.29 is 8.42 Å². The molecule has 0 N–H and O–H groups in total. The van der Waals surface area contributed by atoms with Gasteiger partial charge in [0, 0.05) is 30.7 Å². The zero-order valence-electron chi connectivity index (χ0n) is 14.9. The van der Waals surface area contributed by atoms with Crippen molar-refractivity contribution in [2.45, 2.75) is 17.9 Å². The van der Waals surface area contributed by atoms with Crippen LogP contribution in [0.2, 0.25) is 0 Å². The van der Waals surface area contributed by atoms with E-state index in [0.29, 0.717) is 31.1 Å². The summed E-state index contributed by atoms with van der Waals surface area (Å²) in [5, 5.41) is 1.08. The third kappa shape index (κ3) is 3.82. The molecule has 0 amide bonds. The summed E-state index contributed by atoms with van der Waals surface area (Å²) in [6.45, 7) is 4.54. The number of benzene rings is 2. The fourth-order valence-corrected chi connectivity index (χ4v) is 6.05. The van der Waals surface area contributed by atoms with Gasteiger partial charge in [0.15, 0.2) is 0 Å². The third-order valence-corrected chi connectivity index (χ3v) is 8.59. The molecular weight excluding hydrogens is 446 g/mol. The van der Waals surface area contributed by atoms with Crippen LogP contribution in [-0.2, 0) is 10.0 Å². The van der Waals surface area contributed by atoms with Crippen molar-refractivity contribution in [3.8, 4) is 0 Å². The number of hydrogen-bond acceptors (Lipinski definition) is 5. The Hall–Kier alpha value is -1.32. The number of para-hydroxylation sites is 1. The molecule has 4 rings (SSSR count). The Labute approximate surface area is 171 Å². The first-order valence-electron chi connectivity index (χ1n) is 8.80. The number of thiazole rings is 1. The molecule has 1 saturated heterocycles. The van der Waals surface area contributed by atoms with Crippen molar-refractivity contribution in [1.29, 1.82) is 0 Å². The van der Waals surface area contributed by atoms with E-state index in [0.717, 1.165) is 15.0 Å². The lowest BCUT2D eigenvalue weighted by atomic mass is 10.2. The summed E-state index contributed by atoms with van der Waals surface area (Å²) in [4.78, 5) is 7.41. The molecular formula is C19H20BrN3O2S2. The molecule has 5 nitrogen and oxygen atoms in total. The van der Waals surface area contributed by atoms with E-state index in [4.69, 9.17) is 4.98 Å². The van der Waals surface area contributed by atoms with Gasteiger partial charge in [-0.3, -0.25) is 4.90 Å². The quantitative estimate of drug-likeness (QED) is 0.581. The Morgan fingerprint density at radius 1 is 1.04 bits per heavy atom. The molecule has 2 aromatic carbocycles. The van der Waals surface area contributed by atoms with E-state index < -0.39 is 10.0 Å². The Morgan fingerprint density at radius 2 is 1.70 bits per heavy atom. The van der Waals surface area contributed by atoms with Crippen molar-refractivity contribution >= 4 is 47.5 Å². The number of nitrogens with zero attached hydrogens (tertiary/aromatic N) is 3. The van der Waals surface area contributed by atoms with Crippen LogP contribution in [0.1, 0.15) is 18.0 Å². The molecule has 8 heteroatoms. The topological polar surface area (TPSA) is 53.5 Å². The molecule has 1 aliphatic rings. The Bertz CT molecular complexity index is 1010. The van der Waals surface area contributed by atoms with Crippen LogP contribution in [-0.4, -0.2) is 48.8 Å². The summed E-state index contributed by atoms with van der Waals surface area (Å²) in [5.41, 5.74) is 1.03. The number of fused-ring (bicyclic) bond motifs is 1. The van der Waals surface area contributed by atoms with Crippen LogP contribution in [0.3, 0.4) is 0 Å². The van der Waals surface area contributed by atoms with Crippen LogP contribution in [0, 0.1) is 0 Å². The molecule has 1 fully saturated rings. The monoisotopic (exact) mass is 465 g/mol. The van der Waals surface area contributed by atoms with E-state index >= 15 is 0 Å². The summed E-state index contributed by atoms with van der Waals surface area (Å²) >= 11 is 5.06. The van der Waals surface area contributed by atoms with E-state index in [-0.39, 0.29) is 6.04 Å². The van der Waals surface area contributed by atoms with Gasteiger partial charge in [0.2, 0.25) is 10.0 Å². The van der Waals surface area contributed by atoms with Crippen LogP contribution in [0.15, 0.2) is 57.9 Å². The van der Waals surface area contributed by atoms with Gasteiger partial charge in [-0.2, -0.15) is 4.31 Å². The zero-order chi connectivity index (χ0) is 19.0. The van der Waals surface area contributed by atoms with Gasteiger partial charge in [0.25, 0.3) is 0 Å². The normalized spacial score (nSPS) is 18.0. The highest BCUT2D eigenvalue weighted by Gasteiger charge is 2.31. The van der Waals surface area contributed by atoms with E-state index in [1.165, 1.54) is 4.70 Å². The lowest BCUT2D eigenvalue weighted by molar-refractivity contribution is 0.146. The highest BCUT2D eigenvalue weighted by molar-refractivity contribution is 9.10. The average Bonchev–Trinajstić information content (AvgIpc) is 3.12. The number of rotatable bonds is 4. The summed E-state index contributed by atoms with van der Waals surface area (Å²) in [5.74, 6) is 0. The molecule has 1 aromatic heterocycles. The average molecular weight is 466 g/mol. The summed E-state index contributed by atoms with van der Waals surface area (Å²) in [6.07, 6.45) is 0. The van der Waals surface area contributed by atoms with Gasteiger partial charge in [-0.15, -0.1) is 11.3 Å². The number of aromatic nitrogens is 1. The number of hydrogen-bond donors (Lipinski definition) is 0. The minimum Gasteiger partial charge on any atom is -0.292 e. The van der Waals surface area contributed by atoms with Crippen molar-refractivity contribution in [2.75, 3.05) is 26.2 Å². The van der Waals surface area contributed by atoms with E-state index in [1.807, 2.05) is 18.2 Å². The predicted octanol–water partition coefficient (Wildman–Crippen LogP) is 4.13. The summed E-state index contributed by atoms with van der Waals surface area (Å²) in [7, 11) is -3.44. The third-order valence-electron chi connectivity index (χ3n) is 4.94. The number of piperazine rings is 1. The minimum absolute atomic E-state index is 0.180. The van der Waals surface area contributed by atoms with E-state index in [1.54, 1.807) is 39.9 Å². The summed E-state index contributed by atoms with van der Waals surface area (Å²) < 4.78 is 29.3. The van der Waals surface area contributed by atoms with Crippen molar-refractivity contribution in [3.05, 3.63) is 58.0 Å². The number of sulfonamides is 1. The predicted molar refractivity (Wildman–Crippen MR) is 113 cm³/mol. The maximum atomic E-state index is 12.8. The Balaban J connectivity index is 1.45. The van der Waals surface area contributed by atoms with E-state index in [2.05, 4.69) is 33.8 Å². The first-order chi connectivity index (χ1) is 12.9. The van der Waals surface area contributed by atoms with Gasteiger partial charge in [-0.25, -0.2) is 13.4 Å². The SMILES string of the molecule is CC(c1nc2ccccc2s1)N1CCN(S(=O)(=O)c2ccc(Br)cc2)CC1. The van der Waals surface area contributed by atoms with Crippen LogP contribution in [0.25, 0.3) is 10.2 Å². The van der Waals surface area contributed by atoms with Gasteiger partial charge in [-0.05, 0) is 43.3 Å². The van der Waals surface area contributed by atoms with E-state index in [9.17, 15) is 8.42 Å². The maximum absolute atomic E-state index is 12.8. The lowest BCUT2D eigenvalue weighted by Crippen LogP contribution is -2.49. The van der Waals surface area contributed by atoms with Crippen molar-refractivity contribution in [1.82, 2.24) is 14.2 Å². The molecule has 27 heavy (non-hydrogen) atoms. The number of halogens is 1. The van der Waals surface area contributed by atoms with Crippen molar-refractivity contribution in [2.24, 2.45) is 0 Å². The largest absolute Gasteiger partial charge is 0.292 e. The second kappa shape index (κ2) is 7.60. The van der Waals surface area contributed by atoms with Crippen LogP contribution in [0.4, 0.5) is 0 Å². The van der Waals surface area contributed by atoms with Gasteiger partial charge >= 0.3 is 0 Å². The van der Waals surface area contributed by atoms with Crippen LogP contribution in [0.5, 0.6) is 0 Å². The molecule has 0 radical (unpaired) electrons. The molecule has 1 aliphatic heterocycles. The smallest absolute Gasteiger partial charge is 0.243 e. The molecule has 142 valence electrons. The zero-order valence-corrected chi connectivity index (χ0v) is 18.1. The molecule has 2 heterocycles. The van der Waals surface area contributed by atoms with Gasteiger partial charge in [0.1, 0.15) is 5.01 Å². The molecule has 0 saturated carbocycles. The second-order valence-electron chi connectivity index (χ2n) is 6.59. The molecule has 0 bridgehead atoms. The standard InChI is InChI=1S/C19H20BrN3O2S2/c1-14(19-21-17-4-2-3-5-18(17)26-19)22-10-12-23(13-11-22)27(24,25)16-8-6-15(20)7-9-16/h2-9,14H,10-13H2,1H3. The summed E-state index contributed by atoms with van der Waals surface area (Å²) in [6, 6.07) is 15.2. The van der Waals surface area contributed by atoms with Crippen LogP contribution < -0.4 is 0 Å².